The summed E-state index contributed by atoms with van der Waals surface area (Å²) in [5, 5.41) is 63.7. The molecule has 0 N–H and O–H groups in total. The van der Waals surface area contributed by atoms with Crippen LogP contribution in [0.2, 0.25) is 0 Å². The first kappa shape index (κ1) is 26.3. The lowest BCUT2D eigenvalue weighted by atomic mass is 10.1. The number of hydrogen-bond acceptors (Lipinski definition) is 12. The van der Waals surface area contributed by atoms with Crippen LogP contribution in [0, 0.1) is 50.6 Å². The number of hydrogen-bond donors (Lipinski definition) is 0. The SMILES string of the molecule is O=C(c1ccc([N+](=O)[O-])cc1[N+](=O)[O-])[n+]1ccccc1.O=[N+]([O-])c1cc([N+](=O)[O-])c([O-])c([N+](=O)[O-])c1. The highest BCUT2D eigenvalue weighted by molar-refractivity contribution is 5.92. The maximum atomic E-state index is 12.1. The van der Waals surface area contributed by atoms with Gasteiger partial charge in [0.15, 0.2) is 18.0 Å². The van der Waals surface area contributed by atoms with Gasteiger partial charge in [-0.15, -0.1) is 4.57 Å². The normalized spacial score (nSPS) is 9.89. The Bertz CT molecular complexity index is 1370. The number of carbonyl (C=O) groups is 1. The molecule has 0 aliphatic heterocycles. The fraction of sp³-hybridized carbons (Fsp3) is 0. The van der Waals surface area contributed by atoms with Crippen molar-refractivity contribution in [1.82, 2.24) is 0 Å². The van der Waals surface area contributed by atoms with Gasteiger partial charge in [0.25, 0.3) is 28.4 Å². The zero-order valence-corrected chi connectivity index (χ0v) is 17.4. The molecular formula is C18H10N6O12. The minimum atomic E-state index is -1.46. The molecule has 0 amide bonds. The second-order valence-electron chi connectivity index (χ2n) is 6.39. The zero-order chi connectivity index (χ0) is 27.2. The molecule has 0 radical (unpaired) electrons. The number of rotatable bonds is 6. The minimum absolute atomic E-state index is 0.211. The lowest BCUT2D eigenvalue weighted by Gasteiger charge is -2.06. The zero-order valence-electron chi connectivity index (χ0n) is 17.4. The molecule has 184 valence electrons. The Kier molecular flexibility index (Phi) is 7.88. The lowest BCUT2D eigenvalue weighted by Crippen LogP contribution is -2.42. The Morgan fingerprint density at radius 2 is 1.06 bits per heavy atom. The number of carbonyl (C=O) groups excluding carboxylic acids is 1. The molecule has 0 aliphatic rings. The van der Waals surface area contributed by atoms with Gasteiger partial charge < -0.3 is 5.11 Å². The van der Waals surface area contributed by atoms with Gasteiger partial charge in [-0.25, -0.2) is 4.79 Å². The van der Waals surface area contributed by atoms with Crippen molar-refractivity contribution < 1.29 is 39.1 Å². The monoisotopic (exact) mass is 502 g/mol. The summed E-state index contributed by atoms with van der Waals surface area (Å²) in [6.07, 6.45) is 2.88. The average molecular weight is 502 g/mol. The third-order valence-corrected chi connectivity index (χ3v) is 4.21. The highest BCUT2D eigenvalue weighted by Crippen LogP contribution is 2.36. The molecule has 1 heterocycles. The van der Waals surface area contributed by atoms with Crippen molar-refractivity contribution in [2.45, 2.75) is 0 Å². The van der Waals surface area contributed by atoms with Crippen LogP contribution in [0.4, 0.5) is 28.4 Å². The highest BCUT2D eigenvalue weighted by Gasteiger charge is 2.29. The number of benzene rings is 2. The average Bonchev–Trinajstić information content (AvgIpc) is 2.83. The number of pyridine rings is 1. The van der Waals surface area contributed by atoms with Crippen molar-refractivity contribution in [3.05, 3.63) is 117 Å². The summed E-state index contributed by atoms with van der Waals surface area (Å²) in [6, 6.07) is 8.56. The van der Waals surface area contributed by atoms with Crippen LogP contribution < -0.4 is 9.67 Å². The smallest absolute Gasteiger partial charge is 0.431 e. The van der Waals surface area contributed by atoms with E-state index in [1.165, 1.54) is 12.4 Å². The molecule has 2 aromatic carbocycles. The molecule has 0 unspecified atom stereocenters. The molecule has 0 atom stereocenters. The largest absolute Gasteiger partial charge is 0.863 e. The van der Waals surface area contributed by atoms with Crippen LogP contribution in [-0.2, 0) is 0 Å². The first-order chi connectivity index (χ1) is 16.8. The molecule has 0 bridgehead atoms. The van der Waals surface area contributed by atoms with Crippen LogP contribution in [0.25, 0.3) is 0 Å². The van der Waals surface area contributed by atoms with E-state index in [4.69, 9.17) is 0 Å². The molecule has 0 aliphatic carbocycles. The van der Waals surface area contributed by atoms with Gasteiger partial charge in [-0.05, 0) is 6.07 Å². The predicted molar refractivity (Wildman–Crippen MR) is 112 cm³/mol. The molecule has 3 rings (SSSR count). The Morgan fingerprint density at radius 1 is 0.611 bits per heavy atom. The standard InChI is InChI=1S/C12H8N3O5.C6H3N3O7/c16-12(13-6-2-1-3-7-13)10-5-4-9(14(17)18)8-11(10)15(19)20;10-6-4(8(13)14)1-3(7(11)12)2-5(6)9(15)16/h1-8H;1-2,10H/q+1;/p-1. The maximum absolute atomic E-state index is 12.1. The molecular weight excluding hydrogens is 492 g/mol. The molecule has 3 aromatic rings. The van der Waals surface area contributed by atoms with Crippen molar-refractivity contribution in [3.8, 4) is 5.75 Å². The molecule has 0 spiro atoms. The minimum Gasteiger partial charge on any atom is -0.863 e. The van der Waals surface area contributed by atoms with Crippen LogP contribution in [-0.4, -0.2) is 30.5 Å². The number of nitro benzene ring substituents is 5. The molecule has 36 heavy (non-hydrogen) atoms. The maximum Gasteiger partial charge on any atom is 0.431 e. The molecule has 0 saturated heterocycles. The van der Waals surface area contributed by atoms with Gasteiger partial charge in [-0.3, -0.25) is 50.6 Å². The van der Waals surface area contributed by atoms with E-state index in [0.29, 0.717) is 12.1 Å². The van der Waals surface area contributed by atoms with E-state index >= 15 is 0 Å². The van der Waals surface area contributed by atoms with Crippen molar-refractivity contribution in [2.24, 2.45) is 0 Å². The van der Waals surface area contributed by atoms with E-state index in [1.807, 2.05) is 0 Å². The summed E-state index contributed by atoms with van der Waals surface area (Å²) < 4.78 is 1.16. The lowest BCUT2D eigenvalue weighted by molar-refractivity contribution is -0.571. The molecule has 1 aromatic heterocycles. The van der Waals surface area contributed by atoms with E-state index in [2.05, 4.69) is 0 Å². The van der Waals surface area contributed by atoms with E-state index < -0.39 is 64.7 Å². The van der Waals surface area contributed by atoms with Gasteiger partial charge in [0, 0.05) is 18.2 Å². The van der Waals surface area contributed by atoms with E-state index in [9.17, 15) is 60.5 Å². The first-order valence-electron chi connectivity index (χ1n) is 9.07. The summed E-state index contributed by atoms with van der Waals surface area (Å²) in [4.78, 5) is 59.7. The molecule has 0 fully saturated rings. The third kappa shape index (κ3) is 5.89. The van der Waals surface area contributed by atoms with Crippen LogP contribution in [0.15, 0.2) is 60.9 Å². The van der Waals surface area contributed by atoms with Gasteiger partial charge in [-0.1, -0.05) is 6.07 Å². The van der Waals surface area contributed by atoms with Crippen molar-refractivity contribution in [1.29, 1.82) is 0 Å². The Morgan fingerprint density at radius 3 is 1.47 bits per heavy atom. The second-order valence-corrected chi connectivity index (χ2v) is 6.39. The van der Waals surface area contributed by atoms with Gasteiger partial charge in [0.05, 0.1) is 48.6 Å². The fourth-order valence-electron chi connectivity index (χ4n) is 2.60. The first-order valence-corrected chi connectivity index (χ1v) is 9.07. The summed E-state index contributed by atoms with van der Waals surface area (Å²) in [5.74, 6) is -2.09. The van der Waals surface area contributed by atoms with Gasteiger partial charge in [0.2, 0.25) is 0 Å². The van der Waals surface area contributed by atoms with Crippen LogP contribution >= 0.6 is 0 Å². The van der Waals surface area contributed by atoms with E-state index in [1.54, 1.807) is 18.2 Å². The summed E-state index contributed by atoms with van der Waals surface area (Å²) in [5.41, 5.74) is -4.51. The number of nitrogens with zero attached hydrogens (tertiary/aromatic N) is 6. The van der Waals surface area contributed by atoms with Crippen LogP contribution in [0.3, 0.4) is 0 Å². The van der Waals surface area contributed by atoms with Gasteiger partial charge in [-0.2, -0.15) is 0 Å². The summed E-state index contributed by atoms with van der Waals surface area (Å²) in [6.45, 7) is 0. The topological polar surface area (TPSA) is 260 Å². The predicted octanol–water partition coefficient (Wildman–Crippen LogP) is 1.96. The van der Waals surface area contributed by atoms with Crippen LogP contribution in [0.1, 0.15) is 10.4 Å². The third-order valence-electron chi connectivity index (χ3n) is 4.21. The fourth-order valence-corrected chi connectivity index (χ4v) is 2.60. The highest BCUT2D eigenvalue weighted by atomic mass is 16.6. The number of nitro groups is 5. The van der Waals surface area contributed by atoms with Crippen molar-refractivity contribution in [2.75, 3.05) is 0 Å². The van der Waals surface area contributed by atoms with E-state index in [0.717, 1.165) is 22.8 Å². The molecule has 18 heteroatoms. The van der Waals surface area contributed by atoms with Crippen LogP contribution in [0.5, 0.6) is 5.75 Å². The Labute approximate surface area is 197 Å². The van der Waals surface area contributed by atoms with Crippen molar-refractivity contribution in [3.63, 3.8) is 0 Å². The van der Waals surface area contributed by atoms with Gasteiger partial charge in [0.1, 0.15) is 0 Å². The summed E-state index contributed by atoms with van der Waals surface area (Å²) in [7, 11) is 0. The Balaban J connectivity index is 0.000000261. The molecule has 18 nitrogen and oxygen atoms in total. The van der Waals surface area contributed by atoms with Gasteiger partial charge >= 0.3 is 5.91 Å². The number of non-ortho nitro benzene ring substituents is 2. The second kappa shape index (κ2) is 10.8. The number of aromatic nitrogens is 1. The molecule has 0 saturated carbocycles. The Hall–Kier alpha value is -5.94. The summed E-state index contributed by atoms with van der Waals surface area (Å²) >= 11 is 0. The van der Waals surface area contributed by atoms with Crippen molar-refractivity contribution >= 4 is 34.3 Å². The van der Waals surface area contributed by atoms with E-state index in [-0.39, 0.29) is 5.56 Å². The quantitative estimate of drug-likeness (QED) is 0.266.